The Kier molecular flexibility index (Phi) is 5.26. The number of hydrogen-bond acceptors (Lipinski definition) is 3. The van der Waals surface area contributed by atoms with Gasteiger partial charge in [-0.3, -0.25) is 10.1 Å². The fourth-order valence-electron chi connectivity index (χ4n) is 1.93. The zero-order valence-electron chi connectivity index (χ0n) is 12.1. The van der Waals surface area contributed by atoms with Gasteiger partial charge in [0.1, 0.15) is 12.4 Å². The van der Waals surface area contributed by atoms with Gasteiger partial charge in [-0.2, -0.15) is 0 Å². The number of urea groups is 1. The third kappa shape index (κ3) is 4.71. The van der Waals surface area contributed by atoms with E-state index in [1.165, 1.54) is 18.2 Å². The van der Waals surface area contributed by atoms with Gasteiger partial charge in [0.2, 0.25) is 0 Å². The maximum Gasteiger partial charge on any atom is 0.326 e. The summed E-state index contributed by atoms with van der Waals surface area (Å²) in [5, 5.41) is 4.45. The number of para-hydroxylation sites is 1. The van der Waals surface area contributed by atoms with Gasteiger partial charge in [0.15, 0.2) is 12.3 Å². The van der Waals surface area contributed by atoms with E-state index in [1.807, 2.05) is 6.07 Å². The van der Waals surface area contributed by atoms with E-state index in [1.54, 1.807) is 25.4 Å². The summed E-state index contributed by atoms with van der Waals surface area (Å²) in [6.07, 6.45) is 1.56. The molecule has 0 bridgehead atoms. The van der Waals surface area contributed by atoms with Crippen LogP contribution in [0.5, 0.6) is 0 Å². The molecule has 6 nitrogen and oxygen atoms in total. The first-order valence-corrected chi connectivity index (χ1v) is 6.73. The Balaban J connectivity index is 1.79. The Labute approximate surface area is 126 Å². The molecule has 0 aliphatic rings. The zero-order valence-corrected chi connectivity index (χ0v) is 12.1. The molecule has 3 N–H and O–H groups in total. The average molecular weight is 306 g/mol. The molecule has 0 aliphatic carbocycles. The van der Waals surface area contributed by atoms with Crippen LogP contribution in [0.3, 0.4) is 0 Å². The summed E-state index contributed by atoms with van der Waals surface area (Å²) in [4.78, 5) is 24.2. The predicted octanol–water partition coefficient (Wildman–Crippen LogP) is 0.782. The number of nitrogens with one attached hydrogen (secondary N) is 3. The fraction of sp³-hybridized carbons (Fsp3) is 0.200. The van der Waals surface area contributed by atoms with Crippen LogP contribution in [-0.4, -0.2) is 25.5 Å². The lowest BCUT2D eigenvalue weighted by Gasteiger charge is -2.12. The molecule has 2 aromatic rings. The largest absolute Gasteiger partial charge is 0.463 e. The number of hydrogen-bond donors (Lipinski definition) is 3. The Morgan fingerprint density at radius 3 is 2.68 bits per heavy atom. The third-order valence-electron chi connectivity index (χ3n) is 2.89. The van der Waals surface area contributed by atoms with E-state index in [9.17, 15) is 14.0 Å². The van der Waals surface area contributed by atoms with Crippen molar-refractivity contribution < 1.29 is 23.3 Å². The number of rotatable bonds is 5. The van der Waals surface area contributed by atoms with Crippen LogP contribution >= 0.6 is 0 Å². The van der Waals surface area contributed by atoms with Gasteiger partial charge in [-0.1, -0.05) is 12.1 Å². The fourth-order valence-corrected chi connectivity index (χ4v) is 1.93. The lowest BCUT2D eigenvalue weighted by atomic mass is 10.3. The molecule has 3 amide bonds. The van der Waals surface area contributed by atoms with Gasteiger partial charge in [0.05, 0.1) is 19.0 Å². The molecule has 0 fully saturated rings. The minimum absolute atomic E-state index is 0.0177. The van der Waals surface area contributed by atoms with Crippen molar-refractivity contribution in [2.24, 2.45) is 0 Å². The van der Waals surface area contributed by atoms with E-state index in [2.05, 4.69) is 10.6 Å². The molecule has 1 unspecified atom stereocenters. The van der Waals surface area contributed by atoms with Crippen LogP contribution in [0.15, 0.2) is 47.1 Å². The highest BCUT2D eigenvalue weighted by Gasteiger charge is 2.15. The summed E-state index contributed by atoms with van der Waals surface area (Å²) < 4.78 is 18.6. The van der Waals surface area contributed by atoms with E-state index in [0.717, 1.165) is 10.7 Å². The van der Waals surface area contributed by atoms with Gasteiger partial charge < -0.3 is 14.6 Å². The number of carbonyl (C=O) groups is 2. The van der Waals surface area contributed by atoms with E-state index < -0.39 is 17.8 Å². The topological polar surface area (TPSA) is 75.8 Å². The van der Waals surface area contributed by atoms with Crippen molar-refractivity contribution >= 4 is 17.6 Å². The van der Waals surface area contributed by atoms with E-state index >= 15 is 0 Å². The summed E-state index contributed by atoms with van der Waals surface area (Å²) in [6.45, 7) is 0.612. The first-order valence-electron chi connectivity index (χ1n) is 6.73. The Morgan fingerprint density at radius 1 is 1.23 bits per heavy atom. The molecular weight excluding hydrogens is 289 g/mol. The van der Waals surface area contributed by atoms with Crippen LogP contribution in [-0.2, 0) is 11.3 Å². The van der Waals surface area contributed by atoms with Crippen LogP contribution < -0.4 is 15.5 Å². The van der Waals surface area contributed by atoms with E-state index in [4.69, 9.17) is 4.42 Å². The summed E-state index contributed by atoms with van der Waals surface area (Å²) in [5.74, 6) is -0.273. The molecule has 0 saturated heterocycles. The van der Waals surface area contributed by atoms with Crippen molar-refractivity contribution in [1.82, 2.24) is 5.32 Å². The molecule has 7 heteroatoms. The molecule has 0 aliphatic heterocycles. The number of likely N-dealkylation sites (N-methyl/N-ethyl adjacent to an activating group) is 1. The Morgan fingerprint density at radius 2 is 2.00 bits per heavy atom. The number of imide groups is 1. The molecule has 1 atom stereocenters. The molecule has 0 radical (unpaired) electrons. The highest BCUT2D eigenvalue weighted by Crippen LogP contribution is 2.11. The maximum atomic E-state index is 13.4. The third-order valence-corrected chi connectivity index (χ3v) is 2.89. The van der Waals surface area contributed by atoms with E-state index in [0.29, 0.717) is 6.54 Å². The minimum atomic E-state index is -0.763. The van der Waals surface area contributed by atoms with Gasteiger partial charge >= 0.3 is 6.03 Å². The monoisotopic (exact) mass is 306 g/mol. The number of anilines is 1. The molecule has 116 valence electrons. The minimum Gasteiger partial charge on any atom is -0.463 e. The van der Waals surface area contributed by atoms with Crippen molar-refractivity contribution in [3.8, 4) is 0 Å². The standard InChI is InChI=1S/C15H16FN3O3/c1-19(9-11-5-4-8-22-11)10-14(20)18-15(21)17-13-7-3-2-6-12(13)16/h2-8H,9-10H2,1H3,(H2,17,18,20,21)/p+1. The van der Waals surface area contributed by atoms with Crippen LogP contribution in [0.4, 0.5) is 14.9 Å². The first kappa shape index (κ1) is 15.7. The first-order chi connectivity index (χ1) is 10.5. The molecule has 2 rings (SSSR count). The normalized spacial score (nSPS) is 11.7. The second-order valence-electron chi connectivity index (χ2n) is 4.87. The second-order valence-corrected chi connectivity index (χ2v) is 4.87. The average Bonchev–Trinajstić information content (AvgIpc) is 2.93. The smallest absolute Gasteiger partial charge is 0.326 e. The van der Waals surface area contributed by atoms with Crippen molar-refractivity contribution in [3.05, 3.63) is 54.2 Å². The quantitative estimate of drug-likeness (QED) is 0.764. The summed E-state index contributed by atoms with van der Waals surface area (Å²) in [6, 6.07) is 8.54. The lowest BCUT2D eigenvalue weighted by Crippen LogP contribution is -3.08. The van der Waals surface area contributed by atoms with E-state index in [-0.39, 0.29) is 12.2 Å². The number of amides is 3. The second kappa shape index (κ2) is 7.37. The predicted molar refractivity (Wildman–Crippen MR) is 77.7 cm³/mol. The number of carbonyl (C=O) groups excluding carboxylic acids is 2. The van der Waals surface area contributed by atoms with Gasteiger partial charge in [0, 0.05) is 0 Å². The number of quaternary nitrogens is 1. The highest BCUT2D eigenvalue weighted by atomic mass is 19.1. The van der Waals surface area contributed by atoms with Gasteiger partial charge in [-0.05, 0) is 24.3 Å². The Hall–Kier alpha value is -2.67. The summed E-state index contributed by atoms with van der Waals surface area (Å²) in [5.41, 5.74) is 0.0177. The summed E-state index contributed by atoms with van der Waals surface area (Å²) in [7, 11) is 1.80. The number of furan rings is 1. The lowest BCUT2D eigenvalue weighted by molar-refractivity contribution is -0.886. The van der Waals surface area contributed by atoms with Crippen molar-refractivity contribution in [2.45, 2.75) is 6.54 Å². The molecule has 0 spiro atoms. The zero-order chi connectivity index (χ0) is 15.9. The summed E-state index contributed by atoms with van der Waals surface area (Å²) >= 11 is 0. The highest BCUT2D eigenvalue weighted by molar-refractivity contribution is 6.01. The van der Waals surface area contributed by atoms with Crippen molar-refractivity contribution in [1.29, 1.82) is 0 Å². The molecule has 1 heterocycles. The molecular formula is C15H17FN3O3+. The van der Waals surface area contributed by atoms with Crippen LogP contribution in [0.25, 0.3) is 0 Å². The van der Waals surface area contributed by atoms with Gasteiger partial charge in [-0.15, -0.1) is 0 Å². The molecule has 22 heavy (non-hydrogen) atoms. The van der Waals surface area contributed by atoms with Crippen LogP contribution in [0.2, 0.25) is 0 Å². The number of halogens is 1. The number of benzene rings is 1. The SMILES string of the molecule is C[NH+](CC(=O)NC(=O)Nc1ccccc1F)Cc1ccco1. The van der Waals surface area contributed by atoms with Gasteiger partial charge in [0.25, 0.3) is 5.91 Å². The molecule has 1 aromatic carbocycles. The molecule has 0 saturated carbocycles. The maximum absolute atomic E-state index is 13.4. The van der Waals surface area contributed by atoms with Crippen molar-refractivity contribution in [3.63, 3.8) is 0 Å². The van der Waals surface area contributed by atoms with Crippen LogP contribution in [0, 0.1) is 5.82 Å². The molecule has 1 aromatic heterocycles. The van der Waals surface area contributed by atoms with Crippen molar-refractivity contribution in [2.75, 3.05) is 18.9 Å². The Bertz CT molecular complexity index is 643. The van der Waals surface area contributed by atoms with Gasteiger partial charge in [-0.25, -0.2) is 9.18 Å². The van der Waals surface area contributed by atoms with Crippen LogP contribution in [0.1, 0.15) is 5.76 Å².